The van der Waals surface area contributed by atoms with Crippen molar-refractivity contribution in [3.05, 3.63) is 30.6 Å². The van der Waals surface area contributed by atoms with Crippen LogP contribution in [0.2, 0.25) is 0 Å². The Bertz CT molecular complexity index is 831. The van der Waals surface area contributed by atoms with Crippen LogP contribution in [-0.2, 0) is 4.79 Å². The quantitative estimate of drug-likeness (QED) is 0.790. The number of nitrogens with one attached hydrogen (secondary N) is 2. The lowest BCUT2D eigenvalue weighted by molar-refractivity contribution is -0.129. The molecule has 0 spiro atoms. The minimum Gasteiger partial charge on any atom is -0.473 e. The van der Waals surface area contributed by atoms with Crippen LogP contribution in [0.5, 0.6) is 5.88 Å². The number of hydrogen-bond acceptors (Lipinski definition) is 5. The summed E-state index contributed by atoms with van der Waals surface area (Å²) in [5.74, 6) is 0.271. The molecule has 138 valence electrons. The average molecular weight is 357 g/mol. The van der Waals surface area contributed by atoms with E-state index in [4.69, 9.17) is 4.74 Å². The second kappa shape index (κ2) is 7.55. The lowest BCUT2D eigenvalue weighted by atomic mass is 9.96. The van der Waals surface area contributed by atoms with Gasteiger partial charge < -0.3 is 19.9 Å². The Labute approximate surface area is 151 Å². The highest BCUT2D eigenvalue weighted by atomic mass is 16.5. The Hall–Kier alpha value is -2.90. The number of carbonyl (C=O) groups is 2. The van der Waals surface area contributed by atoms with Crippen LogP contribution in [0.15, 0.2) is 25.0 Å². The molecule has 3 rings (SSSR count). The number of likely N-dealkylation sites (tertiary alicyclic amines) is 1. The first kappa shape index (κ1) is 17.9. The second-order valence-corrected chi connectivity index (χ2v) is 6.38. The normalized spacial score (nSPS) is 20.0. The summed E-state index contributed by atoms with van der Waals surface area (Å²) in [6.07, 6.45) is 5.12. The first-order valence-electron chi connectivity index (χ1n) is 8.73. The number of aromatic nitrogens is 3. The summed E-state index contributed by atoms with van der Waals surface area (Å²) in [6, 6.07) is 0. The van der Waals surface area contributed by atoms with Gasteiger partial charge in [0.15, 0.2) is 5.65 Å². The van der Waals surface area contributed by atoms with Gasteiger partial charge in [-0.2, -0.15) is 0 Å². The van der Waals surface area contributed by atoms with E-state index in [1.54, 1.807) is 17.3 Å². The Balaban J connectivity index is 1.75. The minimum absolute atomic E-state index is 0.0598. The van der Waals surface area contributed by atoms with Crippen LogP contribution in [-0.4, -0.2) is 57.4 Å². The van der Waals surface area contributed by atoms with E-state index in [0.717, 1.165) is 0 Å². The number of amides is 2. The molecule has 2 N–H and O–H groups in total. The number of carbonyl (C=O) groups excluding carboxylic acids is 2. The van der Waals surface area contributed by atoms with Gasteiger partial charge in [0.25, 0.3) is 5.91 Å². The summed E-state index contributed by atoms with van der Waals surface area (Å²) in [5, 5.41) is 2.76. The topological polar surface area (TPSA) is 100 Å². The van der Waals surface area contributed by atoms with Crippen LogP contribution in [0.25, 0.3) is 11.2 Å². The lowest BCUT2D eigenvalue weighted by Crippen LogP contribution is -2.46. The van der Waals surface area contributed by atoms with E-state index >= 15 is 0 Å². The number of piperidine rings is 1. The zero-order valence-electron chi connectivity index (χ0n) is 15.0. The number of hydrogen-bond donors (Lipinski definition) is 2. The van der Waals surface area contributed by atoms with Gasteiger partial charge in [0.1, 0.15) is 11.6 Å². The predicted octanol–water partition coefficient (Wildman–Crippen LogP) is 1.51. The molecule has 1 fully saturated rings. The zero-order valence-corrected chi connectivity index (χ0v) is 15.0. The molecule has 0 saturated carbocycles. The molecule has 2 unspecified atom stereocenters. The van der Waals surface area contributed by atoms with Crippen LogP contribution in [0.4, 0.5) is 0 Å². The highest BCUT2D eigenvalue weighted by Crippen LogP contribution is 2.24. The summed E-state index contributed by atoms with van der Waals surface area (Å²) in [6.45, 7) is 9.19. The van der Waals surface area contributed by atoms with E-state index in [-0.39, 0.29) is 23.8 Å². The fourth-order valence-corrected chi connectivity index (χ4v) is 3.14. The standard InChI is InChI=1S/C18H23N5O3/c1-4-15(24)23-7-6-13(11(3)10-23)26-14-9-21-17-16(22-14)12(8-20-17)18(25)19-5-2/h4,8-9,11,13H,1,5-7,10H2,2-3H3,(H,19,25)(H,20,21). The summed E-state index contributed by atoms with van der Waals surface area (Å²) < 4.78 is 6.02. The highest BCUT2D eigenvalue weighted by molar-refractivity contribution is 6.04. The van der Waals surface area contributed by atoms with E-state index in [1.807, 2.05) is 13.8 Å². The molecule has 0 radical (unpaired) electrons. The van der Waals surface area contributed by atoms with Crippen LogP contribution in [0.3, 0.4) is 0 Å². The smallest absolute Gasteiger partial charge is 0.255 e. The number of aromatic amines is 1. The molecule has 8 heteroatoms. The molecule has 0 aliphatic carbocycles. The fraction of sp³-hybridized carbons (Fsp3) is 0.444. The molecule has 1 aliphatic heterocycles. The van der Waals surface area contributed by atoms with Crippen molar-refractivity contribution in [3.8, 4) is 5.88 Å². The molecule has 2 aromatic heterocycles. The van der Waals surface area contributed by atoms with Crippen molar-refractivity contribution >= 4 is 23.0 Å². The monoisotopic (exact) mass is 357 g/mol. The van der Waals surface area contributed by atoms with Crippen molar-refractivity contribution in [1.29, 1.82) is 0 Å². The predicted molar refractivity (Wildman–Crippen MR) is 96.9 cm³/mol. The average Bonchev–Trinajstić information content (AvgIpc) is 3.06. The third-order valence-electron chi connectivity index (χ3n) is 4.53. The van der Waals surface area contributed by atoms with E-state index in [0.29, 0.717) is 48.7 Å². The van der Waals surface area contributed by atoms with Gasteiger partial charge >= 0.3 is 0 Å². The van der Waals surface area contributed by atoms with Gasteiger partial charge in [-0.05, 0) is 13.0 Å². The zero-order chi connectivity index (χ0) is 18.7. The van der Waals surface area contributed by atoms with Crippen LogP contribution in [0.1, 0.15) is 30.6 Å². The molecule has 3 heterocycles. The molecular weight excluding hydrogens is 334 g/mol. The van der Waals surface area contributed by atoms with Crippen molar-refractivity contribution in [2.45, 2.75) is 26.4 Å². The maximum absolute atomic E-state index is 12.1. The number of nitrogens with zero attached hydrogens (tertiary/aromatic N) is 3. The first-order chi connectivity index (χ1) is 12.5. The van der Waals surface area contributed by atoms with Gasteiger partial charge in [0, 0.05) is 38.2 Å². The largest absolute Gasteiger partial charge is 0.473 e. The minimum atomic E-state index is -0.199. The van der Waals surface area contributed by atoms with Crippen molar-refractivity contribution in [1.82, 2.24) is 25.2 Å². The second-order valence-electron chi connectivity index (χ2n) is 6.38. The van der Waals surface area contributed by atoms with Gasteiger partial charge in [-0.15, -0.1) is 0 Å². The first-order valence-corrected chi connectivity index (χ1v) is 8.73. The molecule has 2 amide bonds. The lowest BCUT2D eigenvalue weighted by Gasteiger charge is -2.36. The van der Waals surface area contributed by atoms with Gasteiger partial charge in [0.05, 0.1) is 11.8 Å². The molecule has 0 bridgehead atoms. The van der Waals surface area contributed by atoms with Crippen LogP contribution >= 0.6 is 0 Å². The number of H-pyrrole nitrogens is 1. The molecule has 0 aromatic carbocycles. The van der Waals surface area contributed by atoms with Gasteiger partial charge in [-0.1, -0.05) is 13.5 Å². The van der Waals surface area contributed by atoms with Gasteiger partial charge in [-0.3, -0.25) is 9.59 Å². The maximum Gasteiger partial charge on any atom is 0.255 e. The van der Waals surface area contributed by atoms with Gasteiger partial charge in [-0.25, -0.2) is 9.97 Å². The Kier molecular flexibility index (Phi) is 5.20. The van der Waals surface area contributed by atoms with Gasteiger partial charge in [0.2, 0.25) is 11.8 Å². The Morgan fingerprint density at radius 2 is 2.35 bits per heavy atom. The molecule has 1 saturated heterocycles. The third-order valence-corrected chi connectivity index (χ3v) is 4.53. The molecular formula is C18H23N5O3. The summed E-state index contributed by atoms with van der Waals surface area (Å²) in [7, 11) is 0. The van der Waals surface area contributed by atoms with Crippen molar-refractivity contribution in [2.75, 3.05) is 19.6 Å². The van der Waals surface area contributed by atoms with Crippen molar-refractivity contribution in [3.63, 3.8) is 0 Å². The van der Waals surface area contributed by atoms with Crippen molar-refractivity contribution in [2.24, 2.45) is 5.92 Å². The van der Waals surface area contributed by atoms with E-state index in [2.05, 4.69) is 26.8 Å². The summed E-state index contributed by atoms with van der Waals surface area (Å²) in [5.41, 5.74) is 1.47. The number of fused-ring (bicyclic) bond motifs is 1. The van der Waals surface area contributed by atoms with E-state index < -0.39 is 0 Å². The van der Waals surface area contributed by atoms with Crippen molar-refractivity contribution < 1.29 is 14.3 Å². The Morgan fingerprint density at radius 1 is 1.54 bits per heavy atom. The van der Waals surface area contributed by atoms with Crippen LogP contribution in [0, 0.1) is 5.92 Å². The molecule has 1 aliphatic rings. The van der Waals surface area contributed by atoms with E-state index in [9.17, 15) is 9.59 Å². The highest BCUT2D eigenvalue weighted by Gasteiger charge is 2.29. The SMILES string of the molecule is C=CC(=O)N1CCC(Oc2cnc3[nH]cc(C(=O)NCC)c3n2)C(C)C1. The number of rotatable bonds is 5. The molecule has 2 atom stereocenters. The summed E-state index contributed by atoms with van der Waals surface area (Å²) in [4.78, 5) is 37.3. The fourth-order valence-electron chi connectivity index (χ4n) is 3.14. The third kappa shape index (κ3) is 3.54. The number of ether oxygens (including phenoxy) is 1. The van der Waals surface area contributed by atoms with E-state index in [1.165, 1.54) is 6.08 Å². The molecule has 8 nitrogen and oxygen atoms in total. The van der Waals surface area contributed by atoms with Crippen LogP contribution < -0.4 is 10.1 Å². The molecule has 2 aromatic rings. The maximum atomic E-state index is 12.1. The Morgan fingerprint density at radius 3 is 3.04 bits per heavy atom. The summed E-state index contributed by atoms with van der Waals surface area (Å²) >= 11 is 0. The molecule has 26 heavy (non-hydrogen) atoms.